The highest BCUT2D eigenvalue weighted by Gasteiger charge is 2.30. The van der Waals surface area contributed by atoms with Crippen LogP contribution < -0.4 is 10.1 Å². The highest BCUT2D eigenvalue weighted by molar-refractivity contribution is 9.10. The molecule has 4 nitrogen and oxygen atoms in total. The summed E-state index contributed by atoms with van der Waals surface area (Å²) in [4.78, 5) is 11.2. The van der Waals surface area contributed by atoms with Gasteiger partial charge in [0.25, 0.3) is 0 Å². The highest BCUT2D eigenvalue weighted by atomic mass is 79.9. The van der Waals surface area contributed by atoms with Gasteiger partial charge in [0.05, 0.1) is 10.0 Å². The molecular formula is C20H21BrF3NO3. The number of hydrogen-bond donors (Lipinski definition) is 2. The Kier molecular flexibility index (Phi) is 7.11. The van der Waals surface area contributed by atoms with Crippen molar-refractivity contribution in [2.24, 2.45) is 0 Å². The van der Waals surface area contributed by atoms with Gasteiger partial charge in [-0.1, -0.05) is 18.2 Å². The third-order valence-electron chi connectivity index (χ3n) is 4.08. The predicted molar refractivity (Wildman–Crippen MR) is 103 cm³/mol. The van der Waals surface area contributed by atoms with Gasteiger partial charge in [0, 0.05) is 6.54 Å². The first-order valence-corrected chi connectivity index (χ1v) is 9.36. The fourth-order valence-corrected chi connectivity index (χ4v) is 2.89. The number of carbonyl (C=O) groups is 1. The van der Waals surface area contributed by atoms with E-state index < -0.39 is 23.3 Å². The Morgan fingerprint density at radius 3 is 2.25 bits per heavy atom. The van der Waals surface area contributed by atoms with Crippen molar-refractivity contribution in [2.45, 2.75) is 38.6 Å². The number of ether oxygens (including phenoxy) is 1. The van der Waals surface area contributed by atoms with Crippen molar-refractivity contribution >= 4 is 21.9 Å². The van der Waals surface area contributed by atoms with Crippen molar-refractivity contribution in [3.05, 3.63) is 63.6 Å². The van der Waals surface area contributed by atoms with Crippen molar-refractivity contribution in [1.82, 2.24) is 5.32 Å². The van der Waals surface area contributed by atoms with Crippen LogP contribution in [0.4, 0.5) is 13.2 Å². The fourth-order valence-electron chi connectivity index (χ4n) is 2.38. The fraction of sp³-hybridized carbons (Fsp3) is 0.350. The van der Waals surface area contributed by atoms with Crippen LogP contribution in [0.2, 0.25) is 0 Å². The molecule has 8 heteroatoms. The number of hydrogen-bond acceptors (Lipinski definition) is 3. The Morgan fingerprint density at radius 1 is 1.11 bits per heavy atom. The van der Waals surface area contributed by atoms with E-state index in [0.29, 0.717) is 29.7 Å². The minimum Gasteiger partial charge on any atom is -0.478 e. The number of halogens is 4. The Labute approximate surface area is 169 Å². The van der Waals surface area contributed by atoms with E-state index in [0.717, 1.165) is 23.3 Å². The standard InChI is InChI=1S/C20H21BrF3NO3/c1-19(2,18(26)27)28-17-8-5-13(11-16(17)21)9-10-25-12-14-3-6-15(7-4-14)20(22,23)24/h3-8,11,25H,9-10,12H2,1-2H3,(H,26,27). The van der Waals surface area contributed by atoms with Crippen molar-refractivity contribution in [2.75, 3.05) is 6.54 Å². The van der Waals surface area contributed by atoms with Crippen LogP contribution >= 0.6 is 15.9 Å². The van der Waals surface area contributed by atoms with Crippen molar-refractivity contribution < 1.29 is 27.8 Å². The lowest BCUT2D eigenvalue weighted by Gasteiger charge is -2.22. The van der Waals surface area contributed by atoms with Gasteiger partial charge in [-0.3, -0.25) is 0 Å². The molecular weight excluding hydrogens is 439 g/mol. The van der Waals surface area contributed by atoms with Crippen LogP contribution in [0.15, 0.2) is 46.9 Å². The summed E-state index contributed by atoms with van der Waals surface area (Å²) < 4.78 is 43.8. The van der Waals surface area contributed by atoms with Gasteiger partial charge in [0.2, 0.25) is 0 Å². The lowest BCUT2D eigenvalue weighted by Crippen LogP contribution is -2.37. The zero-order valence-corrected chi connectivity index (χ0v) is 17.0. The summed E-state index contributed by atoms with van der Waals surface area (Å²) in [6.07, 6.45) is -3.63. The normalized spacial score (nSPS) is 12.1. The Hall–Kier alpha value is -2.06. The van der Waals surface area contributed by atoms with E-state index >= 15 is 0 Å². The van der Waals surface area contributed by atoms with Gasteiger partial charge in [-0.2, -0.15) is 13.2 Å². The third-order valence-corrected chi connectivity index (χ3v) is 4.70. The Morgan fingerprint density at radius 2 is 1.71 bits per heavy atom. The van der Waals surface area contributed by atoms with E-state index in [1.165, 1.54) is 26.0 Å². The maximum atomic E-state index is 12.5. The molecule has 2 rings (SSSR count). The zero-order chi connectivity index (χ0) is 20.9. The summed E-state index contributed by atoms with van der Waals surface area (Å²) in [6, 6.07) is 10.5. The number of nitrogens with one attached hydrogen (secondary N) is 1. The number of carboxylic acids is 1. The molecule has 2 aromatic carbocycles. The van der Waals surface area contributed by atoms with Gasteiger partial charge >= 0.3 is 12.1 Å². The minimum atomic E-state index is -4.32. The molecule has 0 atom stereocenters. The Balaban J connectivity index is 1.85. The van der Waals surface area contributed by atoms with Crippen LogP contribution in [0, 0.1) is 0 Å². The average molecular weight is 460 g/mol. The molecule has 0 radical (unpaired) electrons. The molecule has 0 aromatic heterocycles. The van der Waals surface area contributed by atoms with E-state index in [1.54, 1.807) is 6.07 Å². The second-order valence-corrected chi connectivity index (χ2v) is 7.66. The lowest BCUT2D eigenvalue weighted by atomic mass is 10.1. The maximum Gasteiger partial charge on any atom is 0.416 e. The monoisotopic (exact) mass is 459 g/mol. The summed E-state index contributed by atoms with van der Waals surface area (Å²) in [6.45, 7) is 4.04. The first kappa shape index (κ1) is 22.2. The van der Waals surface area contributed by atoms with Crippen LogP contribution in [-0.4, -0.2) is 23.2 Å². The third kappa shape index (κ3) is 6.24. The van der Waals surface area contributed by atoms with Gasteiger partial charge in [-0.05, 0) is 78.1 Å². The van der Waals surface area contributed by atoms with Gasteiger partial charge in [-0.15, -0.1) is 0 Å². The highest BCUT2D eigenvalue weighted by Crippen LogP contribution is 2.30. The molecule has 0 amide bonds. The molecule has 0 bridgehead atoms. The zero-order valence-electron chi connectivity index (χ0n) is 15.4. The minimum absolute atomic E-state index is 0.439. The number of alkyl halides is 3. The van der Waals surface area contributed by atoms with E-state index in [2.05, 4.69) is 21.2 Å². The van der Waals surface area contributed by atoms with Gasteiger partial charge < -0.3 is 15.2 Å². The first-order chi connectivity index (χ1) is 13.0. The molecule has 0 unspecified atom stereocenters. The number of benzene rings is 2. The van der Waals surface area contributed by atoms with Gasteiger partial charge in [0.1, 0.15) is 5.75 Å². The largest absolute Gasteiger partial charge is 0.478 e. The molecule has 152 valence electrons. The first-order valence-electron chi connectivity index (χ1n) is 8.57. The molecule has 0 saturated heterocycles. The molecule has 0 aliphatic rings. The molecule has 0 saturated carbocycles. The number of rotatable bonds is 8. The number of aliphatic carboxylic acids is 1. The lowest BCUT2D eigenvalue weighted by molar-refractivity contribution is -0.152. The van der Waals surface area contributed by atoms with Crippen LogP contribution in [0.5, 0.6) is 5.75 Å². The molecule has 28 heavy (non-hydrogen) atoms. The second-order valence-electron chi connectivity index (χ2n) is 6.80. The summed E-state index contributed by atoms with van der Waals surface area (Å²) in [5.74, 6) is -0.621. The summed E-state index contributed by atoms with van der Waals surface area (Å²) in [5, 5.41) is 12.3. The SMILES string of the molecule is CC(C)(Oc1ccc(CCNCc2ccc(C(F)(F)F)cc2)cc1Br)C(=O)O. The van der Waals surface area contributed by atoms with Gasteiger partial charge in [-0.25, -0.2) is 4.79 Å². The van der Waals surface area contributed by atoms with E-state index in [9.17, 15) is 18.0 Å². The van der Waals surface area contributed by atoms with Crippen molar-refractivity contribution in [3.63, 3.8) is 0 Å². The average Bonchev–Trinajstić information content (AvgIpc) is 2.60. The summed E-state index contributed by atoms with van der Waals surface area (Å²) in [7, 11) is 0. The van der Waals surface area contributed by atoms with Crippen molar-refractivity contribution in [1.29, 1.82) is 0 Å². The molecule has 0 heterocycles. The van der Waals surface area contributed by atoms with E-state index in [1.807, 2.05) is 12.1 Å². The quantitative estimate of drug-likeness (QED) is 0.542. The smallest absolute Gasteiger partial charge is 0.416 e. The van der Waals surface area contributed by atoms with E-state index in [4.69, 9.17) is 9.84 Å². The summed E-state index contributed by atoms with van der Waals surface area (Å²) in [5.41, 5.74) is -0.219. The topological polar surface area (TPSA) is 58.6 Å². The van der Waals surface area contributed by atoms with Crippen LogP contribution in [0.25, 0.3) is 0 Å². The molecule has 0 fully saturated rings. The van der Waals surface area contributed by atoms with Crippen molar-refractivity contribution in [3.8, 4) is 5.75 Å². The van der Waals surface area contributed by atoms with Gasteiger partial charge in [0.15, 0.2) is 5.60 Å². The maximum absolute atomic E-state index is 12.5. The Bertz CT molecular complexity index is 820. The van der Waals surface area contributed by atoms with Crippen LogP contribution in [0.1, 0.15) is 30.5 Å². The molecule has 2 aromatic rings. The molecule has 0 aliphatic carbocycles. The second kappa shape index (κ2) is 8.96. The van der Waals surface area contributed by atoms with Crippen LogP contribution in [-0.2, 0) is 23.9 Å². The number of carboxylic acid groups (broad SMARTS) is 1. The summed E-state index contributed by atoms with van der Waals surface area (Å²) >= 11 is 3.39. The van der Waals surface area contributed by atoms with E-state index in [-0.39, 0.29) is 0 Å². The molecule has 2 N–H and O–H groups in total. The molecule has 0 aliphatic heterocycles. The predicted octanol–water partition coefficient (Wildman–Crippen LogP) is 5.04. The van der Waals surface area contributed by atoms with Crippen LogP contribution in [0.3, 0.4) is 0 Å². The molecule has 0 spiro atoms.